The summed E-state index contributed by atoms with van der Waals surface area (Å²) in [6.45, 7) is -0.142. The number of hydrogen-bond donors (Lipinski definition) is 2. The summed E-state index contributed by atoms with van der Waals surface area (Å²) in [7, 11) is 0. The predicted molar refractivity (Wildman–Crippen MR) is 85.4 cm³/mol. The van der Waals surface area contributed by atoms with Crippen molar-refractivity contribution in [2.75, 3.05) is 6.61 Å². The first-order chi connectivity index (χ1) is 11.6. The minimum Gasteiger partial charge on any atom is -0.479 e. The maximum atomic E-state index is 13.3. The third-order valence-electron chi connectivity index (χ3n) is 3.36. The van der Waals surface area contributed by atoms with E-state index < -0.39 is 5.82 Å². The van der Waals surface area contributed by atoms with Crippen LogP contribution in [0.5, 0.6) is 5.75 Å². The van der Waals surface area contributed by atoms with Gasteiger partial charge in [-0.1, -0.05) is 18.2 Å². The molecule has 6 heteroatoms. The number of benzene rings is 2. The summed E-state index contributed by atoms with van der Waals surface area (Å²) in [5.41, 5.74) is 1.73. The molecule has 0 atom stereocenters. The predicted octanol–water partition coefficient (Wildman–Crippen LogP) is 2.08. The number of rotatable bonds is 7. The Hall–Kier alpha value is -2.91. The highest BCUT2D eigenvalue weighted by atomic mass is 19.1. The van der Waals surface area contributed by atoms with Crippen LogP contribution in [0.15, 0.2) is 42.5 Å². The van der Waals surface area contributed by atoms with Crippen LogP contribution in [0.1, 0.15) is 16.7 Å². The van der Waals surface area contributed by atoms with Gasteiger partial charge in [0.1, 0.15) is 17.6 Å². The Kier molecular flexibility index (Phi) is 6.29. The van der Waals surface area contributed by atoms with Crippen molar-refractivity contribution in [1.82, 2.24) is 5.32 Å². The van der Waals surface area contributed by atoms with E-state index in [0.29, 0.717) is 11.3 Å². The first-order valence-electron chi connectivity index (χ1n) is 7.36. The number of aliphatic hydroxyl groups excluding tert-OH is 1. The van der Waals surface area contributed by atoms with E-state index in [2.05, 4.69) is 5.32 Å². The first-order valence-corrected chi connectivity index (χ1v) is 7.36. The Morgan fingerprint density at radius 3 is 2.58 bits per heavy atom. The third kappa shape index (κ3) is 5.07. The molecule has 2 N–H and O–H groups in total. The average Bonchev–Trinajstić information content (AvgIpc) is 2.60. The number of ether oxygens (including phenoxy) is 1. The van der Waals surface area contributed by atoms with E-state index in [1.54, 1.807) is 30.3 Å². The number of aliphatic hydroxyl groups is 1. The van der Waals surface area contributed by atoms with Gasteiger partial charge >= 0.3 is 0 Å². The Morgan fingerprint density at radius 1 is 1.21 bits per heavy atom. The molecule has 0 bridgehead atoms. The molecule has 0 heterocycles. The molecule has 0 radical (unpaired) electrons. The number of nitrogens with one attached hydrogen (secondary N) is 1. The van der Waals surface area contributed by atoms with E-state index in [-0.39, 0.29) is 37.6 Å². The molecule has 0 aliphatic carbocycles. The molecule has 1 amide bonds. The molecule has 5 nitrogen and oxygen atoms in total. The highest BCUT2D eigenvalue weighted by molar-refractivity contribution is 5.78. The van der Waals surface area contributed by atoms with Gasteiger partial charge in [-0.25, -0.2) is 4.39 Å². The van der Waals surface area contributed by atoms with Crippen molar-refractivity contribution in [2.24, 2.45) is 0 Å². The fraction of sp³-hybridized carbons (Fsp3) is 0.222. The van der Waals surface area contributed by atoms with E-state index >= 15 is 0 Å². The molecule has 0 fully saturated rings. The number of carbonyl (C=O) groups is 1. The highest BCUT2D eigenvalue weighted by Gasteiger charge is 2.06. The van der Waals surface area contributed by atoms with E-state index in [4.69, 9.17) is 15.1 Å². The standard InChI is InChI=1S/C18H17FN2O3/c19-17-6-3-14(9-15(17)12-22)11-21-18(23)10-13-1-4-16(5-2-13)24-8-7-20/h1-6,9,22H,8,10-12H2,(H,21,23). The minimum absolute atomic E-state index is 0.0205. The lowest BCUT2D eigenvalue weighted by molar-refractivity contribution is -0.120. The Balaban J connectivity index is 1.86. The molecule has 0 aromatic heterocycles. The topological polar surface area (TPSA) is 82.3 Å². The van der Waals surface area contributed by atoms with Crippen molar-refractivity contribution in [3.63, 3.8) is 0 Å². The van der Waals surface area contributed by atoms with Gasteiger partial charge in [0.15, 0.2) is 6.61 Å². The van der Waals surface area contributed by atoms with Gasteiger partial charge in [-0.2, -0.15) is 5.26 Å². The molecule has 0 aliphatic rings. The summed E-state index contributed by atoms with van der Waals surface area (Å²) >= 11 is 0. The van der Waals surface area contributed by atoms with Gasteiger partial charge in [0.25, 0.3) is 0 Å². The zero-order chi connectivity index (χ0) is 17.4. The van der Waals surface area contributed by atoms with Crippen molar-refractivity contribution < 1.29 is 19.0 Å². The van der Waals surface area contributed by atoms with Crippen LogP contribution in [0.2, 0.25) is 0 Å². The molecule has 2 aromatic rings. The van der Waals surface area contributed by atoms with Gasteiger partial charge in [0, 0.05) is 12.1 Å². The van der Waals surface area contributed by atoms with E-state index in [0.717, 1.165) is 5.56 Å². The van der Waals surface area contributed by atoms with Crippen molar-refractivity contribution in [3.05, 3.63) is 65.0 Å². The molecule has 0 saturated carbocycles. The first kappa shape index (κ1) is 17.4. The normalized spacial score (nSPS) is 10.0. The Bertz CT molecular complexity index is 739. The molecule has 24 heavy (non-hydrogen) atoms. The van der Waals surface area contributed by atoms with Crippen molar-refractivity contribution >= 4 is 5.91 Å². The monoisotopic (exact) mass is 328 g/mol. The fourth-order valence-electron chi connectivity index (χ4n) is 2.13. The lowest BCUT2D eigenvalue weighted by Crippen LogP contribution is -2.24. The third-order valence-corrected chi connectivity index (χ3v) is 3.36. The molecule has 0 saturated heterocycles. The second kappa shape index (κ2) is 8.65. The summed E-state index contributed by atoms with van der Waals surface area (Å²) < 4.78 is 18.4. The second-order valence-electron chi connectivity index (χ2n) is 5.13. The van der Waals surface area contributed by atoms with Crippen LogP contribution in [0.4, 0.5) is 4.39 Å². The van der Waals surface area contributed by atoms with Crippen LogP contribution in [-0.2, 0) is 24.4 Å². The summed E-state index contributed by atoms with van der Waals surface area (Å²) in [4.78, 5) is 12.0. The van der Waals surface area contributed by atoms with Crippen LogP contribution in [0.3, 0.4) is 0 Å². The van der Waals surface area contributed by atoms with Crippen molar-refractivity contribution in [2.45, 2.75) is 19.6 Å². The number of nitriles is 1. The number of nitrogens with zero attached hydrogens (tertiary/aromatic N) is 1. The van der Waals surface area contributed by atoms with Gasteiger partial charge in [0.2, 0.25) is 5.91 Å². The summed E-state index contributed by atoms with van der Waals surface area (Å²) in [6, 6.07) is 13.2. The van der Waals surface area contributed by atoms with Crippen LogP contribution < -0.4 is 10.1 Å². The fourth-order valence-corrected chi connectivity index (χ4v) is 2.13. The molecule has 2 aromatic carbocycles. The highest BCUT2D eigenvalue weighted by Crippen LogP contribution is 2.13. The largest absolute Gasteiger partial charge is 0.479 e. The lowest BCUT2D eigenvalue weighted by atomic mass is 10.1. The van der Waals surface area contributed by atoms with Crippen LogP contribution in [-0.4, -0.2) is 17.6 Å². The summed E-state index contributed by atoms with van der Waals surface area (Å²) in [5.74, 6) is -0.0644. The molecule has 0 aliphatic heterocycles. The summed E-state index contributed by atoms with van der Waals surface area (Å²) in [6.07, 6.45) is 0.201. The number of amides is 1. The SMILES string of the molecule is N#CCOc1ccc(CC(=O)NCc2ccc(F)c(CO)c2)cc1. The molecule has 2 rings (SSSR count). The van der Waals surface area contributed by atoms with Crippen LogP contribution in [0, 0.1) is 17.1 Å². The molecular formula is C18H17FN2O3. The zero-order valence-corrected chi connectivity index (χ0v) is 13.0. The van der Waals surface area contributed by atoms with Gasteiger partial charge in [-0.15, -0.1) is 0 Å². The lowest BCUT2D eigenvalue weighted by Gasteiger charge is -2.08. The molecule has 0 spiro atoms. The maximum absolute atomic E-state index is 13.3. The number of hydrogen-bond acceptors (Lipinski definition) is 4. The van der Waals surface area contributed by atoms with Gasteiger partial charge in [0.05, 0.1) is 13.0 Å². The van der Waals surface area contributed by atoms with Crippen molar-refractivity contribution in [1.29, 1.82) is 5.26 Å². The van der Waals surface area contributed by atoms with E-state index in [1.807, 2.05) is 6.07 Å². The van der Waals surface area contributed by atoms with Crippen molar-refractivity contribution in [3.8, 4) is 11.8 Å². The van der Waals surface area contributed by atoms with Gasteiger partial charge < -0.3 is 15.2 Å². The average molecular weight is 328 g/mol. The smallest absolute Gasteiger partial charge is 0.224 e. The van der Waals surface area contributed by atoms with Crippen LogP contribution in [0.25, 0.3) is 0 Å². The quantitative estimate of drug-likeness (QED) is 0.815. The van der Waals surface area contributed by atoms with Gasteiger partial charge in [-0.05, 0) is 35.4 Å². The van der Waals surface area contributed by atoms with E-state index in [1.165, 1.54) is 12.1 Å². The minimum atomic E-state index is -0.466. The molecular weight excluding hydrogens is 311 g/mol. The van der Waals surface area contributed by atoms with Gasteiger partial charge in [-0.3, -0.25) is 4.79 Å². The number of carbonyl (C=O) groups excluding carboxylic acids is 1. The number of halogens is 1. The van der Waals surface area contributed by atoms with Crippen LogP contribution >= 0.6 is 0 Å². The maximum Gasteiger partial charge on any atom is 0.224 e. The summed E-state index contributed by atoms with van der Waals surface area (Å²) in [5, 5.41) is 20.2. The Morgan fingerprint density at radius 2 is 1.92 bits per heavy atom. The molecule has 0 unspecified atom stereocenters. The second-order valence-corrected chi connectivity index (χ2v) is 5.13. The zero-order valence-electron chi connectivity index (χ0n) is 13.0. The molecule has 124 valence electrons. The van der Waals surface area contributed by atoms with E-state index in [9.17, 15) is 9.18 Å². The Labute approximate surface area is 139 Å².